The molecule has 0 spiro atoms. The van der Waals surface area contributed by atoms with Crippen LogP contribution in [0.25, 0.3) is 0 Å². The summed E-state index contributed by atoms with van der Waals surface area (Å²) in [5.74, 6) is 0. The van der Waals surface area contributed by atoms with E-state index in [-0.39, 0.29) is 0 Å². The molecular formula is C13H19N. The molecule has 0 radical (unpaired) electrons. The van der Waals surface area contributed by atoms with E-state index in [0.717, 1.165) is 0 Å². The van der Waals surface area contributed by atoms with Gasteiger partial charge in [0.1, 0.15) is 0 Å². The van der Waals surface area contributed by atoms with Gasteiger partial charge in [-0.1, -0.05) is 29.8 Å². The van der Waals surface area contributed by atoms with Gasteiger partial charge >= 0.3 is 0 Å². The Morgan fingerprint density at radius 2 is 2.00 bits per heavy atom. The normalized spacial score (nSPS) is 13.1. The Kier molecular flexibility index (Phi) is 3.75. The minimum atomic E-state index is 0.390. The van der Waals surface area contributed by atoms with Gasteiger partial charge in [0.15, 0.2) is 0 Å². The zero-order valence-corrected chi connectivity index (χ0v) is 9.46. The summed E-state index contributed by atoms with van der Waals surface area (Å²) in [5.41, 5.74) is 3.84. The molecule has 1 heteroatoms. The van der Waals surface area contributed by atoms with Gasteiger partial charge in [0.25, 0.3) is 0 Å². The molecule has 1 unspecified atom stereocenters. The van der Waals surface area contributed by atoms with Gasteiger partial charge in [-0.25, -0.2) is 0 Å². The summed E-state index contributed by atoms with van der Waals surface area (Å²) in [6.45, 7) is 8.45. The Balaban J connectivity index is 2.76. The number of hydrogen-bond donors (Lipinski definition) is 1. The van der Waals surface area contributed by atoms with Crippen molar-refractivity contribution in [1.29, 1.82) is 0 Å². The number of allylic oxidation sites excluding steroid dienone is 1. The molecule has 1 aromatic carbocycles. The summed E-state index contributed by atoms with van der Waals surface area (Å²) in [6.07, 6.45) is 4.22. The standard InChI is InChI=1S/C13H19N/c1-5-6-12(4)14-13-8-7-10(2)9-11(13)3/h5-9,12,14H,1-4H3. The van der Waals surface area contributed by atoms with Gasteiger partial charge in [0.2, 0.25) is 0 Å². The first kappa shape index (κ1) is 10.8. The summed E-state index contributed by atoms with van der Waals surface area (Å²) in [6, 6.07) is 6.87. The van der Waals surface area contributed by atoms with E-state index in [4.69, 9.17) is 0 Å². The number of benzene rings is 1. The molecule has 1 nitrogen and oxygen atoms in total. The maximum atomic E-state index is 3.45. The predicted octanol–water partition coefficient (Wildman–Crippen LogP) is 3.68. The molecule has 0 aromatic heterocycles. The minimum absolute atomic E-state index is 0.390. The highest BCUT2D eigenvalue weighted by atomic mass is 14.9. The third-order valence-electron chi connectivity index (χ3n) is 2.25. The zero-order chi connectivity index (χ0) is 10.6. The van der Waals surface area contributed by atoms with Crippen LogP contribution in [0.3, 0.4) is 0 Å². The van der Waals surface area contributed by atoms with E-state index in [0.29, 0.717) is 6.04 Å². The van der Waals surface area contributed by atoms with Crippen LogP contribution in [0.5, 0.6) is 0 Å². The van der Waals surface area contributed by atoms with Crippen molar-refractivity contribution < 1.29 is 0 Å². The summed E-state index contributed by atoms with van der Waals surface area (Å²) in [7, 11) is 0. The largest absolute Gasteiger partial charge is 0.379 e. The third kappa shape index (κ3) is 2.91. The lowest BCUT2D eigenvalue weighted by Crippen LogP contribution is -2.12. The maximum Gasteiger partial charge on any atom is 0.0416 e. The van der Waals surface area contributed by atoms with Crippen LogP contribution in [0.15, 0.2) is 30.4 Å². The summed E-state index contributed by atoms with van der Waals surface area (Å²) >= 11 is 0. The lowest BCUT2D eigenvalue weighted by atomic mass is 10.1. The molecule has 0 aliphatic rings. The second-order valence-corrected chi connectivity index (χ2v) is 3.78. The number of hydrogen-bond acceptors (Lipinski definition) is 1. The van der Waals surface area contributed by atoms with Crippen molar-refractivity contribution in [3.05, 3.63) is 41.5 Å². The molecule has 1 rings (SSSR count). The first-order valence-corrected chi connectivity index (χ1v) is 5.10. The SMILES string of the molecule is CC=CC(C)Nc1ccc(C)cc1C. The molecule has 0 heterocycles. The predicted molar refractivity (Wildman–Crippen MR) is 63.8 cm³/mol. The summed E-state index contributed by atoms with van der Waals surface area (Å²) < 4.78 is 0. The zero-order valence-electron chi connectivity index (χ0n) is 9.46. The molecule has 1 N–H and O–H groups in total. The number of anilines is 1. The fraction of sp³-hybridized carbons (Fsp3) is 0.385. The molecule has 76 valence electrons. The van der Waals surface area contributed by atoms with Gasteiger partial charge in [-0.3, -0.25) is 0 Å². The summed E-state index contributed by atoms with van der Waals surface area (Å²) in [4.78, 5) is 0. The Labute approximate surface area is 86.8 Å². The molecule has 1 atom stereocenters. The minimum Gasteiger partial charge on any atom is -0.379 e. The Morgan fingerprint density at radius 3 is 2.57 bits per heavy atom. The molecule has 14 heavy (non-hydrogen) atoms. The van der Waals surface area contributed by atoms with Crippen LogP contribution in [0.2, 0.25) is 0 Å². The van der Waals surface area contributed by atoms with E-state index in [2.05, 4.69) is 56.4 Å². The van der Waals surface area contributed by atoms with Gasteiger partial charge in [-0.05, 0) is 39.3 Å². The van der Waals surface area contributed by atoms with Gasteiger partial charge in [0.05, 0.1) is 0 Å². The molecule has 0 saturated carbocycles. The Hall–Kier alpha value is -1.24. The van der Waals surface area contributed by atoms with Crippen LogP contribution in [0.1, 0.15) is 25.0 Å². The quantitative estimate of drug-likeness (QED) is 0.715. The van der Waals surface area contributed by atoms with Crippen LogP contribution in [0, 0.1) is 13.8 Å². The van der Waals surface area contributed by atoms with E-state index >= 15 is 0 Å². The van der Waals surface area contributed by atoms with E-state index in [1.807, 2.05) is 6.92 Å². The lowest BCUT2D eigenvalue weighted by Gasteiger charge is -2.14. The van der Waals surface area contributed by atoms with Gasteiger partial charge in [-0.2, -0.15) is 0 Å². The van der Waals surface area contributed by atoms with Crippen LogP contribution in [-0.4, -0.2) is 6.04 Å². The third-order valence-corrected chi connectivity index (χ3v) is 2.25. The fourth-order valence-corrected chi connectivity index (χ4v) is 1.56. The second-order valence-electron chi connectivity index (χ2n) is 3.78. The highest BCUT2D eigenvalue weighted by molar-refractivity contribution is 5.52. The molecule has 0 fully saturated rings. The van der Waals surface area contributed by atoms with Crippen molar-refractivity contribution in [3.63, 3.8) is 0 Å². The Bertz CT molecular complexity index is 326. The van der Waals surface area contributed by atoms with Gasteiger partial charge < -0.3 is 5.32 Å². The van der Waals surface area contributed by atoms with Crippen molar-refractivity contribution in [3.8, 4) is 0 Å². The lowest BCUT2D eigenvalue weighted by molar-refractivity contribution is 0.991. The first-order valence-electron chi connectivity index (χ1n) is 5.10. The topological polar surface area (TPSA) is 12.0 Å². The fourth-order valence-electron chi connectivity index (χ4n) is 1.56. The highest BCUT2D eigenvalue weighted by Crippen LogP contribution is 2.16. The van der Waals surface area contributed by atoms with Gasteiger partial charge in [0, 0.05) is 11.7 Å². The van der Waals surface area contributed by atoms with Crippen LogP contribution in [0.4, 0.5) is 5.69 Å². The number of nitrogens with one attached hydrogen (secondary N) is 1. The highest BCUT2D eigenvalue weighted by Gasteiger charge is 2.00. The average Bonchev–Trinajstić information content (AvgIpc) is 2.10. The molecule has 0 amide bonds. The van der Waals surface area contributed by atoms with E-state index < -0.39 is 0 Å². The molecule has 0 aliphatic carbocycles. The van der Waals surface area contributed by atoms with E-state index in [9.17, 15) is 0 Å². The van der Waals surface area contributed by atoms with E-state index in [1.54, 1.807) is 0 Å². The Morgan fingerprint density at radius 1 is 1.29 bits per heavy atom. The summed E-state index contributed by atoms with van der Waals surface area (Å²) in [5, 5.41) is 3.45. The van der Waals surface area contributed by atoms with Crippen molar-refractivity contribution in [2.75, 3.05) is 5.32 Å². The number of rotatable bonds is 3. The maximum absolute atomic E-state index is 3.45. The van der Waals surface area contributed by atoms with Crippen molar-refractivity contribution in [1.82, 2.24) is 0 Å². The monoisotopic (exact) mass is 189 g/mol. The van der Waals surface area contributed by atoms with Crippen LogP contribution >= 0.6 is 0 Å². The average molecular weight is 189 g/mol. The van der Waals surface area contributed by atoms with E-state index in [1.165, 1.54) is 16.8 Å². The smallest absolute Gasteiger partial charge is 0.0416 e. The van der Waals surface area contributed by atoms with Crippen LogP contribution in [-0.2, 0) is 0 Å². The van der Waals surface area contributed by atoms with Gasteiger partial charge in [-0.15, -0.1) is 0 Å². The second kappa shape index (κ2) is 4.85. The molecule has 0 saturated heterocycles. The molecular weight excluding hydrogens is 170 g/mol. The number of aryl methyl sites for hydroxylation is 2. The van der Waals surface area contributed by atoms with Crippen molar-refractivity contribution >= 4 is 5.69 Å². The molecule has 0 bridgehead atoms. The molecule has 0 aliphatic heterocycles. The van der Waals surface area contributed by atoms with Crippen LogP contribution < -0.4 is 5.32 Å². The van der Waals surface area contributed by atoms with Crippen molar-refractivity contribution in [2.24, 2.45) is 0 Å². The first-order chi connectivity index (χ1) is 6.63. The van der Waals surface area contributed by atoms with Crippen molar-refractivity contribution in [2.45, 2.75) is 33.7 Å². The molecule has 1 aromatic rings.